The van der Waals surface area contributed by atoms with Gasteiger partial charge in [0.25, 0.3) is 0 Å². The number of rotatable bonds is 1. The van der Waals surface area contributed by atoms with E-state index in [4.69, 9.17) is 0 Å². The summed E-state index contributed by atoms with van der Waals surface area (Å²) < 4.78 is 0. The molecule has 0 atom stereocenters. The van der Waals surface area contributed by atoms with Gasteiger partial charge in [0.05, 0.1) is 0 Å². The Morgan fingerprint density at radius 2 is 2.10 bits per heavy atom. The molecule has 0 radical (unpaired) electrons. The number of carbonyl (C=O) groups is 1. The summed E-state index contributed by atoms with van der Waals surface area (Å²) in [5, 5.41) is 0. The van der Waals surface area contributed by atoms with Crippen molar-refractivity contribution >= 4 is 48.5 Å². The molecule has 0 unspecified atom stereocenters. The molecule has 1 rings (SSSR count). The Kier molecular flexibility index (Phi) is 5.09. The van der Waals surface area contributed by atoms with E-state index in [0.717, 1.165) is 11.2 Å². The molecule has 0 bridgehead atoms. The first kappa shape index (κ1) is 10.2. The van der Waals surface area contributed by atoms with Gasteiger partial charge in [0.1, 0.15) is 6.29 Å². The zero-order chi connectivity index (χ0) is 6.69. The molecule has 0 spiro atoms. The van der Waals surface area contributed by atoms with Gasteiger partial charge in [0, 0.05) is 10.5 Å². The van der Waals surface area contributed by atoms with E-state index in [-0.39, 0.29) is 29.6 Å². The number of benzene rings is 1. The predicted molar refractivity (Wildman–Crippen MR) is 46.2 cm³/mol. The van der Waals surface area contributed by atoms with Crippen molar-refractivity contribution in [2.24, 2.45) is 0 Å². The molecule has 1 nitrogen and oxygen atoms in total. The van der Waals surface area contributed by atoms with Gasteiger partial charge in [-0.3, -0.25) is 4.79 Å². The van der Waals surface area contributed by atoms with Crippen LogP contribution in [0.4, 0.5) is 0 Å². The molecule has 0 saturated heterocycles. The van der Waals surface area contributed by atoms with Gasteiger partial charge in [-0.1, -0.05) is 12.1 Å². The van der Waals surface area contributed by atoms with Crippen LogP contribution in [0.3, 0.4) is 0 Å². The van der Waals surface area contributed by atoms with Gasteiger partial charge in [-0.2, -0.15) is 0 Å². The van der Waals surface area contributed by atoms with Crippen LogP contribution < -0.4 is 0 Å². The Balaban J connectivity index is 0.000000810. The maximum atomic E-state index is 10.1. The first-order valence-electron chi connectivity index (χ1n) is 2.57. The van der Waals surface area contributed by atoms with Crippen LogP contribution in [0.25, 0.3) is 0 Å². The van der Waals surface area contributed by atoms with Gasteiger partial charge in [0.15, 0.2) is 0 Å². The summed E-state index contributed by atoms with van der Waals surface area (Å²) in [5.41, 5.74) is 0.669. The zero-order valence-corrected chi connectivity index (χ0v) is 5.64. The van der Waals surface area contributed by atoms with Crippen LogP contribution in [0.2, 0.25) is 0 Å². The van der Waals surface area contributed by atoms with E-state index in [1.807, 2.05) is 6.07 Å². The second kappa shape index (κ2) is 4.97. The zero-order valence-electron chi connectivity index (χ0n) is 4.74. The topological polar surface area (TPSA) is 17.1 Å². The van der Waals surface area contributed by atoms with Gasteiger partial charge in [-0.05, 0) is 12.1 Å². The number of aldehydes is 1. The van der Waals surface area contributed by atoms with Gasteiger partial charge >= 0.3 is 29.6 Å². The molecule has 1 aromatic carbocycles. The van der Waals surface area contributed by atoms with Crippen molar-refractivity contribution in [3.8, 4) is 0 Å². The van der Waals surface area contributed by atoms with Crippen LogP contribution in [-0.4, -0.2) is 35.8 Å². The van der Waals surface area contributed by atoms with E-state index in [1.54, 1.807) is 18.2 Å². The molecule has 0 aliphatic heterocycles. The molecule has 0 fully saturated rings. The van der Waals surface area contributed by atoms with Crippen molar-refractivity contribution in [1.29, 1.82) is 0 Å². The van der Waals surface area contributed by atoms with Crippen molar-refractivity contribution in [1.82, 2.24) is 0 Å². The van der Waals surface area contributed by atoms with E-state index < -0.39 is 0 Å². The molecular formula is C7H7NaOS. The van der Waals surface area contributed by atoms with E-state index in [0.29, 0.717) is 5.56 Å². The summed E-state index contributed by atoms with van der Waals surface area (Å²) >= 11 is 4.05. The van der Waals surface area contributed by atoms with Crippen LogP contribution in [0.15, 0.2) is 29.2 Å². The third kappa shape index (κ3) is 2.88. The number of thiol groups is 1. The molecule has 0 aliphatic carbocycles. The molecule has 0 N–H and O–H groups in total. The van der Waals surface area contributed by atoms with Gasteiger partial charge in [0.2, 0.25) is 0 Å². The van der Waals surface area contributed by atoms with Crippen LogP contribution in [0.1, 0.15) is 10.4 Å². The van der Waals surface area contributed by atoms with Gasteiger partial charge < -0.3 is 0 Å². The second-order valence-corrected chi connectivity index (χ2v) is 2.23. The second-order valence-electron chi connectivity index (χ2n) is 1.71. The van der Waals surface area contributed by atoms with Gasteiger partial charge in [-0.25, -0.2) is 0 Å². The van der Waals surface area contributed by atoms with Crippen molar-refractivity contribution < 1.29 is 4.79 Å². The fraction of sp³-hybridized carbons (Fsp3) is 0. The minimum atomic E-state index is 0. The van der Waals surface area contributed by atoms with E-state index >= 15 is 0 Å². The Morgan fingerprint density at radius 3 is 2.50 bits per heavy atom. The summed E-state index contributed by atoms with van der Waals surface area (Å²) in [4.78, 5) is 10.9. The monoisotopic (exact) mass is 162 g/mol. The quantitative estimate of drug-likeness (QED) is 0.372. The van der Waals surface area contributed by atoms with Crippen LogP contribution in [-0.2, 0) is 0 Å². The average Bonchev–Trinajstić information content (AvgIpc) is 1.88. The summed E-state index contributed by atoms with van der Waals surface area (Å²) in [6, 6.07) is 7.09. The van der Waals surface area contributed by atoms with Gasteiger partial charge in [-0.15, -0.1) is 12.6 Å². The van der Waals surface area contributed by atoms with Crippen molar-refractivity contribution in [3.05, 3.63) is 29.8 Å². The van der Waals surface area contributed by atoms with Crippen molar-refractivity contribution in [2.75, 3.05) is 0 Å². The Labute approximate surface area is 87.5 Å². The average molecular weight is 162 g/mol. The predicted octanol–water partition coefficient (Wildman–Crippen LogP) is 1.14. The molecule has 3 heteroatoms. The fourth-order valence-corrected chi connectivity index (χ4v) is 0.833. The standard InChI is InChI=1S/C7H6OS.Na.H/c8-5-6-2-1-3-7(9)4-6;;/h1-5,9H;;. The summed E-state index contributed by atoms with van der Waals surface area (Å²) in [7, 11) is 0. The Hall–Kier alpha value is 0.240. The molecular weight excluding hydrogens is 155 g/mol. The molecule has 10 heavy (non-hydrogen) atoms. The molecule has 0 heterocycles. The first-order valence-corrected chi connectivity index (χ1v) is 3.02. The van der Waals surface area contributed by atoms with Crippen LogP contribution >= 0.6 is 12.6 Å². The molecule has 0 amide bonds. The number of hydrogen-bond donors (Lipinski definition) is 1. The third-order valence-electron chi connectivity index (χ3n) is 1.01. The third-order valence-corrected chi connectivity index (χ3v) is 1.28. The van der Waals surface area contributed by atoms with Crippen LogP contribution in [0, 0.1) is 0 Å². The maximum absolute atomic E-state index is 10.1. The number of carbonyl (C=O) groups excluding carboxylic acids is 1. The Bertz CT molecular complexity index is 225. The minimum absolute atomic E-state index is 0. The van der Waals surface area contributed by atoms with Crippen molar-refractivity contribution in [3.63, 3.8) is 0 Å². The molecule has 0 saturated carbocycles. The summed E-state index contributed by atoms with van der Waals surface area (Å²) in [6.45, 7) is 0. The molecule has 0 aliphatic rings. The van der Waals surface area contributed by atoms with Crippen molar-refractivity contribution in [2.45, 2.75) is 4.90 Å². The summed E-state index contributed by atoms with van der Waals surface area (Å²) in [5.74, 6) is 0. The fourth-order valence-electron chi connectivity index (χ4n) is 0.598. The molecule has 0 aromatic heterocycles. The molecule has 1 aromatic rings. The summed E-state index contributed by atoms with van der Waals surface area (Å²) in [6.07, 6.45) is 0.805. The molecule has 48 valence electrons. The Morgan fingerprint density at radius 1 is 1.40 bits per heavy atom. The SMILES string of the molecule is O=Cc1cccc(S)c1.[NaH]. The van der Waals surface area contributed by atoms with Crippen LogP contribution in [0.5, 0.6) is 0 Å². The number of hydrogen-bond acceptors (Lipinski definition) is 2. The van der Waals surface area contributed by atoms with E-state index in [2.05, 4.69) is 12.6 Å². The first-order chi connectivity index (χ1) is 4.33. The normalized spacial score (nSPS) is 8.10. The van der Waals surface area contributed by atoms with E-state index in [1.165, 1.54) is 0 Å². The van der Waals surface area contributed by atoms with E-state index in [9.17, 15) is 4.79 Å².